The largest absolute Gasteiger partial charge is 0.264 e. The Hall–Kier alpha value is -0.850. The molecular weight excluding hydrogens is 86.1 g/mol. The lowest BCUT2D eigenvalue weighted by atomic mass is 10.3. The van der Waals surface area contributed by atoms with E-state index in [-0.39, 0.29) is 12.2 Å². The monoisotopic (exact) mass is 95.1 g/mol. The lowest BCUT2D eigenvalue weighted by Crippen LogP contribution is -1.69. The maximum absolute atomic E-state index is 7.11. The Morgan fingerprint density at radius 1 is 1.86 bits per heavy atom. The highest BCUT2D eigenvalue weighted by molar-refractivity contribution is 5.04. The van der Waals surface area contributed by atoms with Crippen molar-refractivity contribution in [3.63, 3.8) is 0 Å². The highest BCUT2D eigenvalue weighted by atomic mass is 14.6. The van der Waals surface area contributed by atoms with E-state index >= 15 is 0 Å². The Kier molecular flexibility index (Phi) is 0.609. The third-order valence-electron chi connectivity index (χ3n) is 0.697. The molecule has 0 atom stereocenters. The summed E-state index contributed by atoms with van der Waals surface area (Å²) >= 11 is 0. The van der Waals surface area contributed by atoms with Gasteiger partial charge in [0.15, 0.2) is 0 Å². The SMILES string of the molecule is [2H]c1cc(C)cnc1[2H]. The smallest absolute Gasteiger partial charge is 0.0840 e. The van der Waals surface area contributed by atoms with Gasteiger partial charge in [0, 0.05) is 12.4 Å². The van der Waals surface area contributed by atoms with E-state index in [4.69, 9.17) is 2.74 Å². The van der Waals surface area contributed by atoms with E-state index in [2.05, 4.69) is 4.98 Å². The van der Waals surface area contributed by atoms with Gasteiger partial charge in [-0.15, -0.1) is 0 Å². The molecule has 0 fully saturated rings. The molecular formula is C6H7N. The molecule has 0 radical (unpaired) electrons. The van der Waals surface area contributed by atoms with Crippen LogP contribution in [0.15, 0.2) is 24.5 Å². The summed E-state index contributed by atoms with van der Waals surface area (Å²) in [5, 5.41) is 0. The Morgan fingerprint density at radius 2 is 2.71 bits per heavy atom. The maximum atomic E-state index is 7.11. The normalized spacial score (nSPS) is 12.7. The lowest BCUT2D eigenvalue weighted by molar-refractivity contribution is 1.27. The molecule has 1 heterocycles. The molecule has 0 aromatic carbocycles. The first-order chi connectivity index (χ1) is 4.20. The third kappa shape index (κ3) is 1.000. The van der Waals surface area contributed by atoms with Gasteiger partial charge in [-0.25, -0.2) is 0 Å². The first kappa shape index (κ1) is 2.46. The number of aryl methyl sites for hydroxylation is 1. The predicted molar refractivity (Wildman–Crippen MR) is 29.0 cm³/mol. The average molecular weight is 95.1 g/mol. The number of aromatic nitrogens is 1. The van der Waals surface area contributed by atoms with Gasteiger partial charge < -0.3 is 0 Å². The van der Waals surface area contributed by atoms with Crippen LogP contribution < -0.4 is 0 Å². The first-order valence-electron chi connectivity index (χ1n) is 3.10. The van der Waals surface area contributed by atoms with Crippen molar-refractivity contribution in [2.45, 2.75) is 6.92 Å². The van der Waals surface area contributed by atoms with Crippen LogP contribution in [0, 0.1) is 6.92 Å². The van der Waals surface area contributed by atoms with E-state index in [9.17, 15) is 0 Å². The van der Waals surface area contributed by atoms with E-state index in [0.29, 0.717) is 0 Å². The number of nitrogens with zero attached hydrogens (tertiary/aromatic N) is 1. The van der Waals surface area contributed by atoms with E-state index in [1.165, 1.54) is 0 Å². The maximum Gasteiger partial charge on any atom is 0.0840 e. The third-order valence-corrected chi connectivity index (χ3v) is 0.697. The summed E-state index contributed by atoms with van der Waals surface area (Å²) in [5.74, 6) is 0. The summed E-state index contributed by atoms with van der Waals surface area (Å²) in [5.41, 5.74) is 0.927. The second-order valence-electron chi connectivity index (χ2n) is 1.40. The van der Waals surface area contributed by atoms with Gasteiger partial charge in [-0.2, -0.15) is 0 Å². The van der Waals surface area contributed by atoms with Crippen LogP contribution in [-0.4, -0.2) is 4.98 Å². The van der Waals surface area contributed by atoms with Crippen molar-refractivity contribution in [1.82, 2.24) is 4.98 Å². The fraction of sp³-hybridized carbons (Fsp3) is 0.167. The molecule has 1 heteroatoms. The second kappa shape index (κ2) is 1.73. The van der Waals surface area contributed by atoms with Crippen LogP contribution in [0.4, 0.5) is 0 Å². The van der Waals surface area contributed by atoms with E-state index in [0.717, 1.165) is 5.56 Å². The summed E-state index contributed by atoms with van der Waals surface area (Å²) < 4.78 is 14.1. The highest BCUT2D eigenvalue weighted by Crippen LogP contribution is 1.88. The standard InChI is InChI=1S/C6H7N/c1-6-3-2-4-7-5-6/h2-5H,1H3/i2D,4D. The zero-order valence-corrected chi connectivity index (χ0v) is 4.10. The number of hydrogen-bond acceptors (Lipinski definition) is 1. The van der Waals surface area contributed by atoms with Crippen LogP contribution in [0.25, 0.3) is 0 Å². The fourth-order valence-corrected chi connectivity index (χ4v) is 0.355. The van der Waals surface area contributed by atoms with Crippen molar-refractivity contribution >= 4 is 0 Å². The molecule has 36 valence electrons. The summed E-state index contributed by atoms with van der Waals surface area (Å²) in [6.07, 6.45) is 1.63. The molecule has 0 unspecified atom stereocenters. The molecule has 1 aromatic rings. The Labute approximate surface area is 45.8 Å². The van der Waals surface area contributed by atoms with Gasteiger partial charge in [0.1, 0.15) is 0 Å². The van der Waals surface area contributed by atoms with Crippen molar-refractivity contribution in [1.29, 1.82) is 0 Å². The molecule has 0 spiro atoms. The summed E-state index contributed by atoms with van der Waals surface area (Å²) in [4.78, 5) is 3.66. The molecule has 0 aliphatic heterocycles. The molecule has 0 aliphatic carbocycles. The van der Waals surface area contributed by atoms with E-state index in [1.54, 1.807) is 12.3 Å². The molecule has 1 aromatic heterocycles. The number of pyridine rings is 1. The second-order valence-corrected chi connectivity index (χ2v) is 1.40. The zero-order valence-electron chi connectivity index (χ0n) is 6.10. The molecule has 0 N–H and O–H groups in total. The number of rotatable bonds is 0. The van der Waals surface area contributed by atoms with Crippen LogP contribution in [-0.2, 0) is 0 Å². The van der Waals surface area contributed by atoms with Crippen molar-refractivity contribution in [2.75, 3.05) is 0 Å². The van der Waals surface area contributed by atoms with E-state index in [1.807, 2.05) is 6.92 Å². The van der Waals surface area contributed by atoms with Crippen molar-refractivity contribution in [3.05, 3.63) is 30.0 Å². The fourth-order valence-electron chi connectivity index (χ4n) is 0.355. The molecule has 1 nitrogen and oxygen atoms in total. The molecule has 0 bridgehead atoms. The topological polar surface area (TPSA) is 12.9 Å². The molecule has 7 heavy (non-hydrogen) atoms. The Balaban J connectivity index is 3.17. The van der Waals surface area contributed by atoms with Crippen LogP contribution in [0.3, 0.4) is 0 Å². The van der Waals surface area contributed by atoms with Crippen molar-refractivity contribution in [3.8, 4) is 0 Å². The Morgan fingerprint density at radius 3 is 3.29 bits per heavy atom. The van der Waals surface area contributed by atoms with Crippen LogP contribution in [0.1, 0.15) is 8.30 Å². The van der Waals surface area contributed by atoms with Crippen LogP contribution in [0.2, 0.25) is 0 Å². The van der Waals surface area contributed by atoms with Gasteiger partial charge in [0.05, 0.1) is 2.74 Å². The first-order valence-corrected chi connectivity index (χ1v) is 2.10. The van der Waals surface area contributed by atoms with Gasteiger partial charge in [-0.05, 0) is 18.5 Å². The predicted octanol–water partition coefficient (Wildman–Crippen LogP) is 1.39. The van der Waals surface area contributed by atoms with Crippen LogP contribution in [0.5, 0.6) is 0 Å². The zero-order chi connectivity index (χ0) is 6.85. The highest BCUT2D eigenvalue weighted by Gasteiger charge is 1.73. The average Bonchev–Trinajstić information content (AvgIpc) is 1.80. The van der Waals surface area contributed by atoms with Gasteiger partial charge >= 0.3 is 0 Å². The minimum atomic E-state index is 0.0422. The Bertz CT molecular complexity index is 222. The summed E-state index contributed by atoms with van der Waals surface area (Å²) in [6.45, 7) is 1.85. The molecule has 0 saturated heterocycles. The molecule has 1 rings (SSSR count). The minimum Gasteiger partial charge on any atom is -0.264 e. The minimum absolute atomic E-state index is 0.0422. The van der Waals surface area contributed by atoms with Crippen LogP contribution >= 0.6 is 0 Å². The summed E-state index contributed by atoms with van der Waals surface area (Å²) in [7, 11) is 0. The lowest BCUT2D eigenvalue weighted by Gasteiger charge is -1.82. The van der Waals surface area contributed by atoms with Crippen molar-refractivity contribution < 1.29 is 2.74 Å². The van der Waals surface area contributed by atoms with Gasteiger partial charge in [-0.1, -0.05) is 6.07 Å². The molecule has 0 amide bonds. The number of hydrogen-bond donors (Lipinski definition) is 0. The molecule has 0 aliphatic rings. The van der Waals surface area contributed by atoms with Gasteiger partial charge in [0.25, 0.3) is 0 Å². The van der Waals surface area contributed by atoms with Gasteiger partial charge in [-0.3, -0.25) is 4.98 Å². The van der Waals surface area contributed by atoms with Crippen molar-refractivity contribution in [2.24, 2.45) is 0 Å². The quantitative estimate of drug-likeness (QED) is 0.474. The molecule has 0 saturated carbocycles. The summed E-state index contributed by atoms with van der Waals surface area (Å²) in [6, 6.07) is 1.81. The van der Waals surface area contributed by atoms with Gasteiger partial charge in [0.2, 0.25) is 0 Å². The van der Waals surface area contributed by atoms with E-state index < -0.39 is 0 Å².